The Hall–Kier alpha value is -0.410. The summed E-state index contributed by atoms with van der Waals surface area (Å²) in [7, 11) is 1.49. The van der Waals surface area contributed by atoms with Crippen molar-refractivity contribution in [2.75, 3.05) is 20.3 Å². The highest BCUT2D eigenvalue weighted by molar-refractivity contribution is 5.79. The van der Waals surface area contributed by atoms with E-state index >= 15 is 0 Å². The van der Waals surface area contributed by atoms with Crippen LogP contribution in [-0.2, 0) is 9.53 Å². The third-order valence-electron chi connectivity index (χ3n) is 0.729. The van der Waals surface area contributed by atoms with Gasteiger partial charge in [0, 0.05) is 13.5 Å². The number of carbonyl (C=O) groups excluding carboxylic acids is 1. The van der Waals surface area contributed by atoms with Crippen molar-refractivity contribution in [3.05, 3.63) is 0 Å². The third-order valence-corrected chi connectivity index (χ3v) is 0.729. The van der Waals surface area contributed by atoms with Gasteiger partial charge in [0.2, 0.25) is 0 Å². The van der Waals surface area contributed by atoms with E-state index in [4.69, 9.17) is 5.73 Å². The molecule has 0 bridgehead atoms. The zero-order valence-corrected chi connectivity index (χ0v) is 5.02. The van der Waals surface area contributed by atoms with Gasteiger partial charge in [0.05, 0.1) is 0 Å². The van der Waals surface area contributed by atoms with Gasteiger partial charge in [-0.1, -0.05) is 0 Å². The van der Waals surface area contributed by atoms with Gasteiger partial charge in [0.15, 0.2) is 5.78 Å². The summed E-state index contributed by atoms with van der Waals surface area (Å²) in [6.45, 7) is 0.611. The van der Waals surface area contributed by atoms with Crippen molar-refractivity contribution in [3.8, 4) is 0 Å². The number of rotatable bonds is 4. The average Bonchev–Trinajstić information content (AvgIpc) is 1.68. The summed E-state index contributed by atoms with van der Waals surface area (Å²) in [4.78, 5) is 10.4. The molecule has 48 valence electrons. The standard InChI is InChI=1S/C5H11NO2/c1-8-4-5(7)2-3-6/h2-4,6H2,1H3. The minimum atomic E-state index is 0.0648. The molecule has 0 aliphatic carbocycles. The van der Waals surface area contributed by atoms with Gasteiger partial charge in [0.1, 0.15) is 6.61 Å². The first-order valence-electron chi connectivity index (χ1n) is 2.52. The van der Waals surface area contributed by atoms with Crippen LogP contribution in [0.15, 0.2) is 0 Å². The number of hydrogen-bond donors (Lipinski definition) is 1. The molecule has 2 N–H and O–H groups in total. The Labute approximate surface area is 48.8 Å². The zero-order valence-electron chi connectivity index (χ0n) is 5.02. The summed E-state index contributed by atoms with van der Waals surface area (Å²) in [5.41, 5.74) is 5.08. The molecule has 0 rings (SSSR count). The van der Waals surface area contributed by atoms with Crippen molar-refractivity contribution < 1.29 is 9.53 Å². The molecule has 0 saturated heterocycles. The quantitative estimate of drug-likeness (QED) is 0.542. The largest absolute Gasteiger partial charge is 0.377 e. The topological polar surface area (TPSA) is 52.3 Å². The molecule has 0 fully saturated rings. The SMILES string of the molecule is COCC(=O)CCN. The summed E-state index contributed by atoms with van der Waals surface area (Å²) in [5.74, 6) is 0.0648. The third kappa shape index (κ3) is 3.77. The fourth-order valence-electron chi connectivity index (χ4n) is 0.394. The number of ether oxygens (including phenoxy) is 1. The van der Waals surface area contributed by atoms with Crippen LogP contribution in [0, 0.1) is 0 Å². The molecular formula is C5H11NO2. The zero-order chi connectivity index (χ0) is 6.41. The molecule has 0 aromatic rings. The Kier molecular flexibility index (Phi) is 4.50. The molecule has 0 spiro atoms. The second-order valence-corrected chi connectivity index (χ2v) is 1.51. The minimum Gasteiger partial charge on any atom is -0.377 e. The van der Waals surface area contributed by atoms with E-state index in [9.17, 15) is 4.79 Å². The maximum Gasteiger partial charge on any atom is 0.159 e. The van der Waals surface area contributed by atoms with Gasteiger partial charge in [-0.3, -0.25) is 4.79 Å². The lowest BCUT2D eigenvalue weighted by atomic mass is 10.3. The predicted octanol–water partition coefficient (Wildman–Crippen LogP) is -0.449. The molecule has 0 aromatic heterocycles. The van der Waals surface area contributed by atoms with E-state index in [0.29, 0.717) is 13.0 Å². The molecule has 0 aliphatic heterocycles. The number of methoxy groups -OCH3 is 1. The number of ketones is 1. The number of nitrogens with two attached hydrogens (primary N) is 1. The van der Waals surface area contributed by atoms with Crippen LogP contribution >= 0.6 is 0 Å². The van der Waals surface area contributed by atoms with Crippen LogP contribution in [0.2, 0.25) is 0 Å². The predicted molar refractivity (Wildman–Crippen MR) is 30.6 cm³/mol. The van der Waals surface area contributed by atoms with E-state index in [0.717, 1.165) is 0 Å². The Bertz CT molecular complexity index is 64.8. The van der Waals surface area contributed by atoms with Crippen molar-refractivity contribution in [1.29, 1.82) is 0 Å². The Morgan fingerprint density at radius 1 is 1.75 bits per heavy atom. The number of Topliss-reactive ketones (excluding diaryl/α,β-unsaturated/α-hetero) is 1. The average molecular weight is 117 g/mol. The van der Waals surface area contributed by atoms with Crippen LogP contribution < -0.4 is 5.73 Å². The highest BCUT2D eigenvalue weighted by Gasteiger charge is 1.95. The molecule has 0 aliphatic rings. The van der Waals surface area contributed by atoms with Crippen LogP contribution in [0.1, 0.15) is 6.42 Å². The summed E-state index contributed by atoms with van der Waals surface area (Å²) in [6.07, 6.45) is 0.424. The summed E-state index contributed by atoms with van der Waals surface area (Å²) in [5, 5.41) is 0. The first kappa shape index (κ1) is 7.59. The van der Waals surface area contributed by atoms with Crippen molar-refractivity contribution in [2.24, 2.45) is 5.73 Å². The van der Waals surface area contributed by atoms with Crippen LogP contribution in [0.4, 0.5) is 0 Å². The van der Waals surface area contributed by atoms with E-state index in [1.54, 1.807) is 0 Å². The Balaban J connectivity index is 3.06. The van der Waals surface area contributed by atoms with Gasteiger partial charge in [-0.15, -0.1) is 0 Å². The highest BCUT2D eigenvalue weighted by atomic mass is 16.5. The smallest absolute Gasteiger partial charge is 0.159 e. The fourth-order valence-corrected chi connectivity index (χ4v) is 0.394. The molecular weight excluding hydrogens is 106 g/mol. The molecule has 8 heavy (non-hydrogen) atoms. The summed E-state index contributed by atoms with van der Waals surface area (Å²) in [6, 6.07) is 0. The molecule has 3 heteroatoms. The van der Waals surface area contributed by atoms with Crippen molar-refractivity contribution in [2.45, 2.75) is 6.42 Å². The van der Waals surface area contributed by atoms with Crippen molar-refractivity contribution in [1.82, 2.24) is 0 Å². The molecule has 0 unspecified atom stereocenters. The molecule has 0 saturated carbocycles. The second-order valence-electron chi connectivity index (χ2n) is 1.51. The molecule has 0 aromatic carbocycles. The monoisotopic (exact) mass is 117 g/mol. The Morgan fingerprint density at radius 2 is 2.38 bits per heavy atom. The first-order valence-corrected chi connectivity index (χ1v) is 2.52. The molecule has 0 radical (unpaired) electrons. The lowest BCUT2D eigenvalue weighted by molar-refractivity contribution is -0.122. The molecule has 0 amide bonds. The number of hydrogen-bond acceptors (Lipinski definition) is 3. The van der Waals surface area contributed by atoms with Crippen LogP contribution in [-0.4, -0.2) is 26.0 Å². The maximum absolute atomic E-state index is 10.4. The van der Waals surface area contributed by atoms with Gasteiger partial charge in [-0.2, -0.15) is 0 Å². The van der Waals surface area contributed by atoms with E-state index in [1.165, 1.54) is 7.11 Å². The lowest BCUT2D eigenvalue weighted by Gasteiger charge is -1.93. The first-order chi connectivity index (χ1) is 3.81. The number of carbonyl (C=O) groups is 1. The summed E-state index contributed by atoms with van der Waals surface area (Å²) < 4.78 is 4.55. The maximum atomic E-state index is 10.4. The highest BCUT2D eigenvalue weighted by Crippen LogP contribution is 1.78. The van der Waals surface area contributed by atoms with Gasteiger partial charge in [-0.25, -0.2) is 0 Å². The van der Waals surface area contributed by atoms with Crippen LogP contribution in [0.5, 0.6) is 0 Å². The molecule has 3 nitrogen and oxygen atoms in total. The normalized spacial score (nSPS) is 9.25. The van der Waals surface area contributed by atoms with Gasteiger partial charge < -0.3 is 10.5 Å². The van der Waals surface area contributed by atoms with Gasteiger partial charge in [0.25, 0.3) is 0 Å². The minimum absolute atomic E-state index is 0.0648. The van der Waals surface area contributed by atoms with E-state index in [1.807, 2.05) is 0 Å². The van der Waals surface area contributed by atoms with E-state index in [2.05, 4.69) is 4.74 Å². The van der Waals surface area contributed by atoms with Crippen LogP contribution in [0.3, 0.4) is 0 Å². The van der Waals surface area contributed by atoms with Gasteiger partial charge >= 0.3 is 0 Å². The molecule has 0 atom stereocenters. The second kappa shape index (κ2) is 4.74. The summed E-state index contributed by atoms with van der Waals surface area (Å²) >= 11 is 0. The Morgan fingerprint density at radius 3 is 2.75 bits per heavy atom. The van der Waals surface area contributed by atoms with Gasteiger partial charge in [-0.05, 0) is 6.54 Å². The lowest BCUT2D eigenvalue weighted by Crippen LogP contribution is -2.12. The van der Waals surface area contributed by atoms with E-state index < -0.39 is 0 Å². The molecule has 0 heterocycles. The van der Waals surface area contributed by atoms with Crippen molar-refractivity contribution >= 4 is 5.78 Å². The van der Waals surface area contributed by atoms with Crippen molar-refractivity contribution in [3.63, 3.8) is 0 Å². The fraction of sp³-hybridized carbons (Fsp3) is 0.800. The van der Waals surface area contributed by atoms with E-state index in [-0.39, 0.29) is 12.4 Å². The van der Waals surface area contributed by atoms with Crippen LogP contribution in [0.25, 0.3) is 0 Å².